The molecule has 0 fully saturated rings. The van der Waals surface area contributed by atoms with Crippen molar-refractivity contribution >= 4 is 11.9 Å². The number of carboxylic acids is 1. The topological polar surface area (TPSA) is 101 Å². The van der Waals surface area contributed by atoms with Crippen LogP contribution in [0.4, 0.5) is 0 Å². The molecular formula is C11H15N3O4. The molecule has 0 unspecified atom stereocenters. The quantitative estimate of drug-likeness (QED) is 0.687. The predicted molar refractivity (Wildman–Crippen MR) is 63.4 cm³/mol. The molecule has 2 N–H and O–H groups in total. The van der Waals surface area contributed by atoms with Crippen molar-refractivity contribution in [1.82, 2.24) is 15.1 Å². The van der Waals surface area contributed by atoms with Crippen molar-refractivity contribution < 1.29 is 14.7 Å². The first-order valence-electron chi connectivity index (χ1n) is 5.62. The van der Waals surface area contributed by atoms with Gasteiger partial charge in [0, 0.05) is 12.6 Å². The first-order chi connectivity index (χ1) is 8.54. The number of carbonyl (C=O) groups is 2. The number of carboxylic acid groups (broad SMARTS) is 1. The smallest absolute Gasteiger partial charge is 0.356 e. The number of hydrogen-bond donors (Lipinski definition) is 2. The highest BCUT2D eigenvalue weighted by molar-refractivity contribution is 5.85. The Balaban J connectivity index is 2.71. The largest absolute Gasteiger partial charge is 0.476 e. The Kier molecular flexibility index (Phi) is 5.04. The van der Waals surface area contributed by atoms with Crippen LogP contribution in [-0.2, 0) is 11.3 Å². The first-order valence-corrected chi connectivity index (χ1v) is 5.62. The Bertz CT molecular complexity index is 495. The van der Waals surface area contributed by atoms with Gasteiger partial charge in [-0.05, 0) is 12.5 Å². The molecule has 0 aliphatic heterocycles. The summed E-state index contributed by atoms with van der Waals surface area (Å²) >= 11 is 0. The van der Waals surface area contributed by atoms with E-state index in [1.807, 2.05) is 6.92 Å². The maximum atomic E-state index is 11.5. The Hall–Kier alpha value is -2.18. The number of aromatic carboxylic acids is 1. The van der Waals surface area contributed by atoms with Gasteiger partial charge >= 0.3 is 5.97 Å². The van der Waals surface area contributed by atoms with Crippen molar-refractivity contribution in [2.45, 2.75) is 26.3 Å². The highest BCUT2D eigenvalue weighted by Gasteiger charge is 2.09. The van der Waals surface area contributed by atoms with Crippen LogP contribution in [0.5, 0.6) is 0 Å². The average molecular weight is 253 g/mol. The van der Waals surface area contributed by atoms with Gasteiger partial charge in [0.1, 0.15) is 6.54 Å². The molecule has 0 spiro atoms. The van der Waals surface area contributed by atoms with Gasteiger partial charge in [0.15, 0.2) is 5.69 Å². The molecule has 1 rings (SSSR count). The van der Waals surface area contributed by atoms with Gasteiger partial charge in [0.25, 0.3) is 5.56 Å². The van der Waals surface area contributed by atoms with E-state index in [1.165, 1.54) is 0 Å². The summed E-state index contributed by atoms with van der Waals surface area (Å²) in [5, 5.41) is 14.9. The summed E-state index contributed by atoms with van der Waals surface area (Å²) in [6.45, 7) is 2.25. The average Bonchev–Trinajstić information content (AvgIpc) is 2.32. The number of amides is 1. The number of unbranched alkanes of at least 4 members (excludes halogenated alkanes) is 1. The van der Waals surface area contributed by atoms with Gasteiger partial charge < -0.3 is 10.4 Å². The Labute approximate surface area is 103 Å². The van der Waals surface area contributed by atoms with Crippen molar-refractivity contribution in [2.75, 3.05) is 6.54 Å². The second-order valence-corrected chi connectivity index (χ2v) is 3.72. The molecule has 1 heterocycles. The van der Waals surface area contributed by atoms with E-state index in [1.54, 1.807) is 0 Å². The molecule has 0 aliphatic carbocycles. The van der Waals surface area contributed by atoms with Gasteiger partial charge in [-0.2, -0.15) is 5.10 Å². The van der Waals surface area contributed by atoms with Gasteiger partial charge in [0.05, 0.1) is 0 Å². The monoisotopic (exact) mass is 253 g/mol. The molecule has 0 aromatic carbocycles. The zero-order valence-corrected chi connectivity index (χ0v) is 10.0. The highest BCUT2D eigenvalue weighted by atomic mass is 16.4. The number of hydrogen-bond acceptors (Lipinski definition) is 4. The minimum atomic E-state index is -1.24. The third-order valence-electron chi connectivity index (χ3n) is 2.23. The lowest BCUT2D eigenvalue weighted by molar-refractivity contribution is -0.121. The van der Waals surface area contributed by atoms with Crippen LogP contribution in [0.25, 0.3) is 0 Å². The van der Waals surface area contributed by atoms with Crippen LogP contribution in [0.1, 0.15) is 30.3 Å². The maximum Gasteiger partial charge on any atom is 0.356 e. The molecule has 18 heavy (non-hydrogen) atoms. The molecule has 1 aromatic rings. The van der Waals surface area contributed by atoms with E-state index in [0.29, 0.717) is 6.54 Å². The fourth-order valence-electron chi connectivity index (χ4n) is 1.27. The van der Waals surface area contributed by atoms with E-state index in [0.717, 1.165) is 29.7 Å². The van der Waals surface area contributed by atoms with Gasteiger partial charge in [-0.25, -0.2) is 9.48 Å². The Morgan fingerprint density at radius 3 is 2.78 bits per heavy atom. The number of aromatic nitrogens is 2. The van der Waals surface area contributed by atoms with Crippen LogP contribution in [0, 0.1) is 0 Å². The van der Waals surface area contributed by atoms with Crippen LogP contribution in [0.15, 0.2) is 16.9 Å². The summed E-state index contributed by atoms with van der Waals surface area (Å²) in [7, 11) is 0. The molecule has 7 heteroatoms. The van der Waals surface area contributed by atoms with Crippen molar-refractivity contribution in [3.63, 3.8) is 0 Å². The van der Waals surface area contributed by atoms with Gasteiger partial charge in [-0.3, -0.25) is 9.59 Å². The molecule has 7 nitrogen and oxygen atoms in total. The first kappa shape index (κ1) is 13.9. The second kappa shape index (κ2) is 6.53. The molecular weight excluding hydrogens is 238 g/mol. The zero-order chi connectivity index (χ0) is 13.5. The number of nitrogens with zero attached hydrogens (tertiary/aromatic N) is 2. The van der Waals surface area contributed by atoms with Crippen LogP contribution in [0.3, 0.4) is 0 Å². The molecule has 0 saturated carbocycles. The SMILES string of the molecule is CCCCNC(=O)Cn1nc(C(=O)O)ccc1=O. The molecule has 0 radical (unpaired) electrons. The fourth-order valence-corrected chi connectivity index (χ4v) is 1.27. The van der Waals surface area contributed by atoms with Crippen LogP contribution in [-0.4, -0.2) is 33.3 Å². The molecule has 0 atom stereocenters. The number of rotatable bonds is 6. The van der Waals surface area contributed by atoms with Crippen LogP contribution in [0.2, 0.25) is 0 Å². The van der Waals surface area contributed by atoms with Gasteiger partial charge in [-0.1, -0.05) is 13.3 Å². The van der Waals surface area contributed by atoms with Crippen molar-refractivity contribution in [3.8, 4) is 0 Å². The Morgan fingerprint density at radius 1 is 1.44 bits per heavy atom. The molecule has 0 aliphatic rings. The molecule has 1 aromatic heterocycles. The van der Waals surface area contributed by atoms with E-state index >= 15 is 0 Å². The summed E-state index contributed by atoms with van der Waals surface area (Å²) in [4.78, 5) is 33.5. The summed E-state index contributed by atoms with van der Waals surface area (Å²) in [5.41, 5.74) is -0.776. The number of carbonyl (C=O) groups excluding carboxylic acids is 1. The summed E-state index contributed by atoms with van der Waals surface area (Å²) in [5.74, 6) is -1.60. The van der Waals surface area contributed by atoms with Crippen LogP contribution >= 0.6 is 0 Å². The number of nitrogens with one attached hydrogen (secondary N) is 1. The van der Waals surface area contributed by atoms with E-state index < -0.39 is 11.5 Å². The van der Waals surface area contributed by atoms with Crippen molar-refractivity contribution in [3.05, 3.63) is 28.2 Å². The molecule has 1 amide bonds. The normalized spacial score (nSPS) is 10.1. The second-order valence-electron chi connectivity index (χ2n) is 3.72. The predicted octanol–water partition coefficient (Wildman–Crippen LogP) is -0.142. The summed E-state index contributed by atoms with van der Waals surface area (Å²) in [6, 6.07) is 2.19. The minimum Gasteiger partial charge on any atom is -0.476 e. The van der Waals surface area contributed by atoms with Crippen molar-refractivity contribution in [2.24, 2.45) is 0 Å². The van der Waals surface area contributed by atoms with Crippen molar-refractivity contribution in [1.29, 1.82) is 0 Å². The van der Waals surface area contributed by atoms with E-state index in [9.17, 15) is 14.4 Å². The summed E-state index contributed by atoms with van der Waals surface area (Å²) in [6.07, 6.45) is 1.80. The minimum absolute atomic E-state index is 0.268. The lowest BCUT2D eigenvalue weighted by atomic mass is 10.3. The molecule has 0 bridgehead atoms. The van der Waals surface area contributed by atoms with E-state index in [4.69, 9.17) is 5.11 Å². The molecule has 0 saturated heterocycles. The van der Waals surface area contributed by atoms with Gasteiger partial charge in [0.2, 0.25) is 5.91 Å². The Morgan fingerprint density at radius 2 is 2.17 bits per heavy atom. The van der Waals surface area contributed by atoms with Crippen LogP contribution < -0.4 is 10.9 Å². The lowest BCUT2D eigenvalue weighted by Crippen LogP contribution is -2.34. The van der Waals surface area contributed by atoms with Gasteiger partial charge in [-0.15, -0.1) is 0 Å². The zero-order valence-electron chi connectivity index (χ0n) is 10.0. The third kappa shape index (κ3) is 4.00. The standard InChI is InChI=1S/C11H15N3O4/c1-2-3-6-12-9(15)7-14-10(16)5-4-8(13-14)11(17)18/h4-5H,2-3,6-7H2,1H3,(H,12,15)(H,17,18). The fraction of sp³-hybridized carbons (Fsp3) is 0.455. The molecule has 98 valence electrons. The highest BCUT2D eigenvalue weighted by Crippen LogP contribution is 1.90. The van der Waals surface area contributed by atoms with E-state index in [-0.39, 0.29) is 18.1 Å². The lowest BCUT2D eigenvalue weighted by Gasteiger charge is -2.06. The van der Waals surface area contributed by atoms with E-state index in [2.05, 4.69) is 10.4 Å². The maximum absolute atomic E-state index is 11.5. The third-order valence-corrected chi connectivity index (χ3v) is 2.23. The summed E-state index contributed by atoms with van der Waals surface area (Å²) < 4.78 is 0.838.